The van der Waals surface area contributed by atoms with E-state index >= 15 is 0 Å². The van der Waals surface area contributed by atoms with E-state index in [2.05, 4.69) is 15.4 Å². The van der Waals surface area contributed by atoms with Crippen LogP contribution in [-0.2, 0) is 11.3 Å². The Morgan fingerprint density at radius 2 is 1.90 bits per heavy atom. The standard InChI is InChI=1S/C22H18N6O2S/c1-2-27-21(30)17-10-6-7-11-18(17)25-22(27)31-14-19(29)26-20-15(12-23)13-24-28(20)16-8-4-3-5-9-16/h3-11,13H,2,14H2,1H3,(H,26,29). The third kappa shape index (κ3) is 4.06. The van der Waals surface area contributed by atoms with Crippen molar-refractivity contribution in [1.29, 1.82) is 5.26 Å². The topological polar surface area (TPSA) is 106 Å². The lowest BCUT2D eigenvalue weighted by molar-refractivity contribution is -0.113. The van der Waals surface area contributed by atoms with Gasteiger partial charge in [-0.1, -0.05) is 42.1 Å². The van der Waals surface area contributed by atoms with Gasteiger partial charge < -0.3 is 5.32 Å². The molecule has 0 radical (unpaired) electrons. The average molecular weight is 430 g/mol. The summed E-state index contributed by atoms with van der Waals surface area (Å²) in [5, 5.41) is 17.4. The summed E-state index contributed by atoms with van der Waals surface area (Å²) in [5.74, 6) is -0.00167. The molecule has 2 aromatic carbocycles. The van der Waals surface area contributed by atoms with Crippen molar-refractivity contribution in [3.63, 3.8) is 0 Å². The molecule has 0 aliphatic heterocycles. The second-order valence-electron chi connectivity index (χ2n) is 6.56. The Morgan fingerprint density at radius 3 is 2.65 bits per heavy atom. The fourth-order valence-electron chi connectivity index (χ4n) is 3.15. The number of para-hydroxylation sites is 2. The number of carbonyl (C=O) groups excluding carboxylic acids is 1. The summed E-state index contributed by atoms with van der Waals surface area (Å²) in [6, 6.07) is 18.4. The Kier molecular flexibility index (Phi) is 5.82. The molecule has 2 aromatic heterocycles. The molecular weight excluding hydrogens is 412 g/mol. The van der Waals surface area contributed by atoms with Crippen LogP contribution in [0.2, 0.25) is 0 Å². The fraction of sp³-hybridized carbons (Fsp3) is 0.136. The summed E-state index contributed by atoms with van der Waals surface area (Å²) in [6.07, 6.45) is 1.41. The van der Waals surface area contributed by atoms with Gasteiger partial charge in [0.25, 0.3) is 5.56 Å². The largest absolute Gasteiger partial charge is 0.309 e. The lowest BCUT2D eigenvalue weighted by Crippen LogP contribution is -2.23. The van der Waals surface area contributed by atoms with Gasteiger partial charge in [0.15, 0.2) is 11.0 Å². The van der Waals surface area contributed by atoms with Gasteiger partial charge in [-0.2, -0.15) is 10.4 Å². The number of nitrogens with one attached hydrogen (secondary N) is 1. The van der Waals surface area contributed by atoms with Gasteiger partial charge in [-0.3, -0.25) is 14.2 Å². The molecule has 0 fully saturated rings. The third-order valence-electron chi connectivity index (χ3n) is 4.62. The first-order valence-corrected chi connectivity index (χ1v) is 10.6. The molecule has 0 atom stereocenters. The first kappa shape index (κ1) is 20.4. The van der Waals surface area contributed by atoms with Crippen molar-refractivity contribution in [2.45, 2.75) is 18.6 Å². The smallest absolute Gasteiger partial charge is 0.262 e. The van der Waals surface area contributed by atoms with Crippen molar-refractivity contribution in [2.24, 2.45) is 0 Å². The van der Waals surface area contributed by atoms with E-state index < -0.39 is 0 Å². The number of benzene rings is 2. The number of aromatic nitrogens is 4. The van der Waals surface area contributed by atoms with E-state index in [1.54, 1.807) is 22.8 Å². The molecule has 0 bridgehead atoms. The highest BCUT2D eigenvalue weighted by Crippen LogP contribution is 2.21. The van der Waals surface area contributed by atoms with Gasteiger partial charge in [0, 0.05) is 6.54 Å². The van der Waals surface area contributed by atoms with Crippen LogP contribution in [0, 0.1) is 11.3 Å². The molecule has 1 amide bonds. The van der Waals surface area contributed by atoms with Crippen LogP contribution < -0.4 is 10.9 Å². The quantitative estimate of drug-likeness (QED) is 0.372. The maximum atomic E-state index is 12.7. The van der Waals surface area contributed by atoms with E-state index in [1.807, 2.05) is 49.4 Å². The van der Waals surface area contributed by atoms with E-state index in [9.17, 15) is 14.9 Å². The molecule has 154 valence electrons. The van der Waals surface area contributed by atoms with Crippen LogP contribution in [0.1, 0.15) is 12.5 Å². The second kappa shape index (κ2) is 8.85. The summed E-state index contributed by atoms with van der Waals surface area (Å²) in [7, 11) is 0. The maximum absolute atomic E-state index is 12.7. The Morgan fingerprint density at radius 1 is 1.16 bits per heavy atom. The van der Waals surface area contributed by atoms with Crippen molar-refractivity contribution < 1.29 is 4.79 Å². The number of nitrogens with zero attached hydrogens (tertiary/aromatic N) is 5. The Bertz CT molecular complexity index is 1350. The van der Waals surface area contributed by atoms with Crippen LogP contribution in [0.3, 0.4) is 0 Å². The Hall–Kier alpha value is -3.90. The zero-order valence-electron chi connectivity index (χ0n) is 16.6. The van der Waals surface area contributed by atoms with E-state index in [-0.39, 0.29) is 22.8 Å². The van der Waals surface area contributed by atoms with Gasteiger partial charge in [-0.25, -0.2) is 9.67 Å². The summed E-state index contributed by atoms with van der Waals surface area (Å²) < 4.78 is 3.06. The Labute approximate surface area is 182 Å². The number of carbonyl (C=O) groups is 1. The Balaban J connectivity index is 1.57. The van der Waals surface area contributed by atoms with Gasteiger partial charge in [-0.15, -0.1) is 0 Å². The number of thioether (sulfide) groups is 1. The van der Waals surface area contributed by atoms with Crippen LogP contribution in [0.4, 0.5) is 5.82 Å². The van der Waals surface area contributed by atoms with Crippen LogP contribution in [-0.4, -0.2) is 31.0 Å². The van der Waals surface area contributed by atoms with E-state index in [4.69, 9.17) is 0 Å². The van der Waals surface area contributed by atoms with Gasteiger partial charge >= 0.3 is 0 Å². The van der Waals surface area contributed by atoms with Crippen molar-refractivity contribution in [3.8, 4) is 11.8 Å². The van der Waals surface area contributed by atoms with Crippen LogP contribution in [0.5, 0.6) is 0 Å². The van der Waals surface area contributed by atoms with Crippen molar-refractivity contribution in [3.05, 3.63) is 76.7 Å². The summed E-state index contributed by atoms with van der Waals surface area (Å²) in [4.78, 5) is 30.0. The predicted molar refractivity (Wildman–Crippen MR) is 119 cm³/mol. The zero-order valence-corrected chi connectivity index (χ0v) is 17.5. The lowest BCUT2D eigenvalue weighted by Gasteiger charge is -2.12. The molecule has 0 saturated carbocycles. The molecule has 4 aromatic rings. The molecule has 0 unspecified atom stereocenters. The minimum Gasteiger partial charge on any atom is -0.309 e. The molecule has 4 rings (SSSR count). The first-order chi connectivity index (χ1) is 15.1. The highest BCUT2D eigenvalue weighted by atomic mass is 32.2. The highest BCUT2D eigenvalue weighted by Gasteiger charge is 2.17. The molecule has 0 saturated heterocycles. The molecule has 2 heterocycles. The highest BCUT2D eigenvalue weighted by molar-refractivity contribution is 7.99. The summed E-state index contributed by atoms with van der Waals surface area (Å²) in [5.41, 5.74) is 1.44. The second-order valence-corrected chi connectivity index (χ2v) is 7.51. The lowest BCUT2D eigenvalue weighted by atomic mass is 10.2. The van der Waals surface area contributed by atoms with Gasteiger partial charge in [-0.05, 0) is 31.2 Å². The average Bonchev–Trinajstić information content (AvgIpc) is 3.21. The number of nitriles is 1. The number of amides is 1. The third-order valence-corrected chi connectivity index (χ3v) is 5.60. The van der Waals surface area contributed by atoms with Crippen LogP contribution >= 0.6 is 11.8 Å². The minimum absolute atomic E-state index is 0.0234. The molecule has 31 heavy (non-hydrogen) atoms. The van der Waals surface area contributed by atoms with Gasteiger partial charge in [0.05, 0.1) is 28.5 Å². The van der Waals surface area contributed by atoms with Crippen molar-refractivity contribution in [1.82, 2.24) is 19.3 Å². The monoisotopic (exact) mass is 430 g/mol. The first-order valence-electron chi connectivity index (χ1n) is 9.58. The summed E-state index contributed by atoms with van der Waals surface area (Å²) >= 11 is 1.17. The van der Waals surface area contributed by atoms with Crippen molar-refractivity contribution >= 4 is 34.4 Å². The number of hydrogen-bond donors (Lipinski definition) is 1. The van der Waals surface area contributed by atoms with E-state index in [0.717, 1.165) is 5.69 Å². The SMILES string of the molecule is CCn1c(SCC(=O)Nc2c(C#N)cnn2-c2ccccc2)nc2ccccc2c1=O. The molecule has 0 spiro atoms. The number of anilines is 1. The molecule has 0 aliphatic rings. The fourth-order valence-corrected chi connectivity index (χ4v) is 4.01. The number of hydrogen-bond acceptors (Lipinski definition) is 6. The molecule has 1 N–H and O–H groups in total. The van der Waals surface area contributed by atoms with E-state index in [1.165, 1.54) is 22.6 Å². The van der Waals surface area contributed by atoms with Crippen molar-refractivity contribution in [2.75, 3.05) is 11.1 Å². The van der Waals surface area contributed by atoms with Gasteiger partial charge in [0.2, 0.25) is 5.91 Å². The van der Waals surface area contributed by atoms with Crippen LogP contribution in [0.15, 0.2) is 70.7 Å². The van der Waals surface area contributed by atoms with Crippen LogP contribution in [0.25, 0.3) is 16.6 Å². The minimum atomic E-state index is -0.329. The zero-order chi connectivity index (χ0) is 21.8. The number of fused-ring (bicyclic) bond motifs is 1. The predicted octanol–water partition coefficient (Wildman–Crippen LogP) is 3.20. The molecule has 8 nitrogen and oxygen atoms in total. The molecule has 0 aliphatic carbocycles. The molecule has 9 heteroatoms. The van der Waals surface area contributed by atoms with Gasteiger partial charge in [0.1, 0.15) is 11.6 Å². The summed E-state index contributed by atoms with van der Waals surface area (Å²) in [6.45, 7) is 2.31. The molecular formula is C22H18N6O2S. The maximum Gasteiger partial charge on any atom is 0.262 e. The number of rotatable bonds is 6. The normalized spacial score (nSPS) is 10.7. The van der Waals surface area contributed by atoms with E-state index in [0.29, 0.717) is 28.4 Å².